The molecule has 1 aromatic heterocycles. The normalized spacial score (nSPS) is 11.4. The summed E-state index contributed by atoms with van der Waals surface area (Å²) < 4.78 is 0. The Labute approximate surface area is 150 Å². The van der Waals surface area contributed by atoms with Crippen molar-refractivity contribution in [3.8, 4) is 0 Å². The zero-order chi connectivity index (χ0) is 17.5. The Morgan fingerprint density at radius 1 is 1.21 bits per heavy atom. The topological polar surface area (TPSA) is 67.2 Å². The van der Waals surface area contributed by atoms with E-state index in [2.05, 4.69) is 20.5 Å². The molecule has 1 amide bonds. The second-order valence-electron chi connectivity index (χ2n) is 5.18. The molecule has 126 valence electrons. The van der Waals surface area contributed by atoms with Gasteiger partial charge in [0.1, 0.15) is 0 Å². The van der Waals surface area contributed by atoms with Gasteiger partial charge >= 0.3 is 0 Å². The molecular weight excluding hydrogens is 344 g/mol. The molecule has 0 unspecified atom stereocenters. The van der Waals surface area contributed by atoms with Gasteiger partial charge in [-0.25, -0.2) is 15.4 Å². The number of nitrogens with zero attached hydrogens (tertiary/aromatic N) is 3. The van der Waals surface area contributed by atoms with Crippen molar-refractivity contribution < 1.29 is 4.79 Å². The van der Waals surface area contributed by atoms with Crippen LogP contribution in [-0.4, -0.2) is 27.3 Å². The lowest BCUT2D eigenvalue weighted by Crippen LogP contribution is -2.22. The van der Waals surface area contributed by atoms with Gasteiger partial charge in [0, 0.05) is 16.4 Å². The molecule has 2 rings (SSSR count). The second kappa shape index (κ2) is 8.80. The first-order valence-corrected chi connectivity index (χ1v) is 8.90. The largest absolute Gasteiger partial charge is 0.272 e. The van der Waals surface area contributed by atoms with Crippen molar-refractivity contribution in [3.05, 3.63) is 52.3 Å². The number of hydrogen-bond acceptors (Lipinski definition) is 5. The van der Waals surface area contributed by atoms with E-state index in [1.165, 1.54) is 11.8 Å². The molecule has 0 radical (unpaired) electrons. The number of aromatic nitrogens is 2. The first-order chi connectivity index (χ1) is 11.5. The molecule has 1 aromatic carbocycles. The van der Waals surface area contributed by atoms with Gasteiger partial charge in [-0.05, 0) is 44.0 Å². The molecule has 0 aliphatic carbocycles. The van der Waals surface area contributed by atoms with Crippen molar-refractivity contribution in [2.45, 2.75) is 32.3 Å². The monoisotopic (exact) mass is 362 g/mol. The van der Waals surface area contributed by atoms with Gasteiger partial charge in [0.2, 0.25) is 0 Å². The summed E-state index contributed by atoms with van der Waals surface area (Å²) in [6, 6.07) is 9.27. The minimum absolute atomic E-state index is 0.192. The molecule has 2 aromatic rings. The Bertz CT molecular complexity index is 727. The molecular formula is C17H19ClN4OS. The van der Waals surface area contributed by atoms with Crippen LogP contribution < -0.4 is 5.43 Å². The molecule has 0 aliphatic heterocycles. The summed E-state index contributed by atoms with van der Waals surface area (Å²) in [7, 11) is 0. The summed E-state index contributed by atoms with van der Waals surface area (Å²) in [5, 5.41) is 5.48. The Hall–Kier alpha value is -1.92. The Morgan fingerprint density at radius 2 is 1.83 bits per heavy atom. The summed E-state index contributed by atoms with van der Waals surface area (Å²) >= 11 is 7.18. The molecule has 24 heavy (non-hydrogen) atoms. The van der Waals surface area contributed by atoms with Gasteiger partial charge in [-0.3, -0.25) is 4.79 Å². The molecule has 7 heteroatoms. The van der Waals surface area contributed by atoms with Gasteiger partial charge in [0.15, 0.2) is 5.16 Å². The van der Waals surface area contributed by atoms with Crippen LogP contribution in [0, 0.1) is 13.8 Å². The Balaban J connectivity index is 1.94. The van der Waals surface area contributed by atoms with E-state index in [0.29, 0.717) is 16.6 Å². The van der Waals surface area contributed by atoms with Crippen LogP contribution in [0.2, 0.25) is 5.02 Å². The maximum atomic E-state index is 12.0. The van der Waals surface area contributed by atoms with Crippen molar-refractivity contribution in [1.82, 2.24) is 15.4 Å². The van der Waals surface area contributed by atoms with Crippen molar-refractivity contribution in [1.29, 1.82) is 0 Å². The minimum Gasteiger partial charge on any atom is -0.272 e. The minimum atomic E-state index is -0.192. The number of carbonyl (C=O) groups excluding carboxylic acids is 1. The van der Waals surface area contributed by atoms with Crippen molar-refractivity contribution in [2.24, 2.45) is 5.10 Å². The van der Waals surface area contributed by atoms with Gasteiger partial charge in [-0.1, -0.05) is 42.4 Å². The van der Waals surface area contributed by atoms with Crippen LogP contribution in [-0.2, 0) is 4.79 Å². The van der Waals surface area contributed by atoms with Crippen LogP contribution in [0.3, 0.4) is 0 Å². The lowest BCUT2D eigenvalue weighted by molar-refractivity contribution is -0.118. The first kappa shape index (κ1) is 18.4. The van der Waals surface area contributed by atoms with Crippen LogP contribution in [0.1, 0.15) is 30.3 Å². The first-order valence-electron chi connectivity index (χ1n) is 7.54. The number of halogens is 1. The highest BCUT2D eigenvalue weighted by molar-refractivity contribution is 7.99. The molecule has 0 fully saturated rings. The summed E-state index contributed by atoms with van der Waals surface area (Å²) in [4.78, 5) is 20.6. The molecule has 0 saturated carbocycles. The van der Waals surface area contributed by atoms with Gasteiger partial charge in [0.05, 0.1) is 11.5 Å². The fourth-order valence-electron chi connectivity index (χ4n) is 2.04. The van der Waals surface area contributed by atoms with E-state index in [4.69, 9.17) is 11.6 Å². The summed E-state index contributed by atoms with van der Waals surface area (Å²) in [5.41, 5.74) is 6.10. The molecule has 0 atom stereocenters. The average molecular weight is 363 g/mol. The number of carbonyl (C=O) groups is 1. The summed E-state index contributed by atoms with van der Waals surface area (Å²) in [6.07, 6.45) is 0.704. The Morgan fingerprint density at radius 3 is 2.42 bits per heavy atom. The van der Waals surface area contributed by atoms with Crippen molar-refractivity contribution >= 4 is 35.0 Å². The van der Waals surface area contributed by atoms with E-state index in [1.54, 1.807) is 12.1 Å². The quantitative estimate of drug-likeness (QED) is 0.367. The van der Waals surface area contributed by atoms with E-state index in [9.17, 15) is 4.79 Å². The average Bonchev–Trinajstić information content (AvgIpc) is 2.54. The predicted molar refractivity (Wildman–Crippen MR) is 98.7 cm³/mol. The SMILES string of the molecule is CC/C(=N\NC(=O)CSc1nc(C)cc(C)n1)c1ccc(Cl)cc1. The van der Waals surface area contributed by atoms with E-state index < -0.39 is 0 Å². The van der Waals surface area contributed by atoms with Gasteiger partial charge in [-0.15, -0.1) is 0 Å². The molecule has 0 spiro atoms. The van der Waals surface area contributed by atoms with E-state index in [-0.39, 0.29) is 11.7 Å². The number of benzene rings is 1. The number of amides is 1. The van der Waals surface area contributed by atoms with E-state index in [0.717, 1.165) is 22.7 Å². The highest BCUT2D eigenvalue weighted by atomic mass is 35.5. The highest BCUT2D eigenvalue weighted by Crippen LogP contribution is 2.14. The second-order valence-corrected chi connectivity index (χ2v) is 6.55. The van der Waals surface area contributed by atoms with Crippen LogP contribution in [0.25, 0.3) is 0 Å². The van der Waals surface area contributed by atoms with Gasteiger partial charge in [-0.2, -0.15) is 5.10 Å². The molecule has 5 nitrogen and oxygen atoms in total. The number of nitrogens with one attached hydrogen (secondary N) is 1. The number of aryl methyl sites for hydroxylation is 2. The fourth-order valence-corrected chi connectivity index (χ4v) is 2.91. The molecule has 0 bridgehead atoms. The highest BCUT2D eigenvalue weighted by Gasteiger charge is 2.07. The van der Waals surface area contributed by atoms with Crippen LogP contribution >= 0.6 is 23.4 Å². The van der Waals surface area contributed by atoms with Crippen molar-refractivity contribution in [2.75, 3.05) is 5.75 Å². The molecule has 0 saturated heterocycles. The van der Waals surface area contributed by atoms with E-state index >= 15 is 0 Å². The van der Waals surface area contributed by atoms with Crippen LogP contribution in [0.4, 0.5) is 0 Å². The van der Waals surface area contributed by atoms with E-state index in [1.807, 2.05) is 39.0 Å². The number of hydrogen-bond donors (Lipinski definition) is 1. The maximum absolute atomic E-state index is 12.0. The maximum Gasteiger partial charge on any atom is 0.250 e. The van der Waals surface area contributed by atoms with Crippen LogP contribution in [0.15, 0.2) is 40.6 Å². The number of hydrazone groups is 1. The lowest BCUT2D eigenvalue weighted by atomic mass is 10.1. The third-order valence-electron chi connectivity index (χ3n) is 3.12. The third kappa shape index (κ3) is 5.62. The smallest absolute Gasteiger partial charge is 0.250 e. The number of thioether (sulfide) groups is 1. The lowest BCUT2D eigenvalue weighted by Gasteiger charge is -2.06. The Kier molecular flexibility index (Phi) is 6.75. The van der Waals surface area contributed by atoms with Crippen molar-refractivity contribution in [3.63, 3.8) is 0 Å². The summed E-state index contributed by atoms with van der Waals surface area (Å²) in [6.45, 7) is 5.79. The van der Waals surface area contributed by atoms with Gasteiger partial charge in [0.25, 0.3) is 5.91 Å². The zero-order valence-corrected chi connectivity index (χ0v) is 15.4. The predicted octanol–water partition coefficient (Wildman–Crippen LogP) is 3.77. The third-order valence-corrected chi connectivity index (χ3v) is 4.22. The van der Waals surface area contributed by atoms with Crippen LogP contribution in [0.5, 0.6) is 0 Å². The van der Waals surface area contributed by atoms with Gasteiger partial charge < -0.3 is 0 Å². The summed E-state index contributed by atoms with van der Waals surface area (Å²) in [5.74, 6) is 0.0203. The fraction of sp³-hybridized carbons (Fsp3) is 0.294. The molecule has 1 heterocycles. The molecule has 1 N–H and O–H groups in total. The number of rotatable bonds is 6. The zero-order valence-electron chi connectivity index (χ0n) is 13.8. The standard InChI is InChI=1S/C17H19ClN4OS/c1-4-15(13-5-7-14(18)8-6-13)21-22-16(23)10-24-17-19-11(2)9-12(3)20-17/h5-9H,4,10H2,1-3H3,(H,22,23)/b21-15+. The molecule has 0 aliphatic rings.